The average Bonchev–Trinajstić information content (AvgIpc) is 2.92. The second kappa shape index (κ2) is 6.71. The van der Waals surface area contributed by atoms with Crippen molar-refractivity contribution in [1.82, 2.24) is 10.2 Å². The van der Waals surface area contributed by atoms with Gasteiger partial charge >= 0.3 is 6.03 Å². The molecular weight excluding hydrogens is 332 g/mol. The highest BCUT2D eigenvalue weighted by Gasteiger charge is 2.33. The molecule has 0 aliphatic carbocycles. The first-order chi connectivity index (χ1) is 10.3. The second-order valence-electron chi connectivity index (χ2n) is 5.21. The summed E-state index contributed by atoms with van der Waals surface area (Å²) in [5.74, 6) is -0.947. The van der Waals surface area contributed by atoms with E-state index in [1.165, 1.54) is 17.0 Å². The summed E-state index contributed by atoms with van der Waals surface area (Å²) in [7, 11) is 0. The van der Waals surface area contributed by atoms with Crippen molar-refractivity contribution >= 4 is 35.1 Å². The molecule has 0 bridgehead atoms. The van der Waals surface area contributed by atoms with E-state index in [1.54, 1.807) is 6.92 Å². The van der Waals surface area contributed by atoms with Gasteiger partial charge in [-0.3, -0.25) is 4.79 Å². The van der Waals surface area contributed by atoms with E-state index in [1.807, 2.05) is 0 Å². The number of nitrogens with zero attached hydrogens (tertiary/aromatic N) is 1. The molecule has 1 aliphatic heterocycles. The van der Waals surface area contributed by atoms with Gasteiger partial charge in [0.2, 0.25) is 5.91 Å². The first-order valence-corrected chi connectivity index (χ1v) is 7.57. The molecule has 1 heterocycles. The van der Waals surface area contributed by atoms with E-state index in [0.29, 0.717) is 24.9 Å². The monoisotopic (exact) mass is 347 g/mol. The van der Waals surface area contributed by atoms with Crippen molar-refractivity contribution in [3.8, 4) is 0 Å². The van der Waals surface area contributed by atoms with Gasteiger partial charge in [-0.1, -0.05) is 23.2 Å². The highest BCUT2D eigenvalue weighted by Crippen LogP contribution is 2.29. The molecule has 120 valence electrons. The third-order valence-electron chi connectivity index (χ3n) is 3.70. The maximum Gasteiger partial charge on any atom is 0.315 e. The molecule has 2 rings (SSSR count). The zero-order valence-electron chi connectivity index (χ0n) is 11.9. The number of carbonyl (C=O) groups is 2. The minimum absolute atomic E-state index is 0.0806. The Kier molecular flexibility index (Phi) is 5.13. The van der Waals surface area contributed by atoms with Crippen molar-refractivity contribution in [2.24, 2.45) is 5.73 Å². The summed E-state index contributed by atoms with van der Waals surface area (Å²) in [6, 6.07) is 0.733. The molecule has 1 fully saturated rings. The third-order valence-corrected chi connectivity index (χ3v) is 4.32. The molecule has 0 unspecified atom stereocenters. The fraction of sp³-hybridized carbons (Fsp3) is 0.429. The number of amides is 3. The van der Waals surface area contributed by atoms with E-state index in [4.69, 9.17) is 28.9 Å². The SMILES string of the molecule is C[C@@H](NC(=O)[C@@H]1CCCN1C(N)=O)c1cc(F)c(Cl)cc1Cl. The number of carbonyl (C=O) groups excluding carboxylic acids is 2. The number of urea groups is 1. The lowest BCUT2D eigenvalue weighted by atomic mass is 10.1. The number of nitrogens with two attached hydrogens (primary N) is 1. The number of hydrogen-bond acceptors (Lipinski definition) is 2. The van der Waals surface area contributed by atoms with Gasteiger partial charge in [0.05, 0.1) is 11.1 Å². The Hall–Kier alpha value is -1.53. The highest BCUT2D eigenvalue weighted by atomic mass is 35.5. The Bertz CT molecular complexity index is 612. The maximum absolute atomic E-state index is 13.6. The van der Waals surface area contributed by atoms with E-state index in [-0.39, 0.29) is 16.0 Å². The molecule has 0 radical (unpaired) electrons. The molecule has 0 aromatic heterocycles. The van der Waals surface area contributed by atoms with Crippen molar-refractivity contribution in [3.63, 3.8) is 0 Å². The lowest BCUT2D eigenvalue weighted by Crippen LogP contribution is -2.48. The molecule has 1 saturated heterocycles. The summed E-state index contributed by atoms with van der Waals surface area (Å²) in [5.41, 5.74) is 5.67. The zero-order valence-corrected chi connectivity index (χ0v) is 13.4. The normalized spacial score (nSPS) is 19.1. The third kappa shape index (κ3) is 3.44. The summed E-state index contributed by atoms with van der Waals surface area (Å²) >= 11 is 11.7. The van der Waals surface area contributed by atoms with Crippen LogP contribution in [0.15, 0.2) is 12.1 Å². The smallest absolute Gasteiger partial charge is 0.315 e. The van der Waals surface area contributed by atoms with Crippen LogP contribution in [0.3, 0.4) is 0 Å². The maximum atomic E-state index is 13.6. The lowest BCUT2D eigenvalue weighted by molar-refractivity contribution is -0.125. The summed E-state index contributed by atoms with van der Waals surface area (Å²) in [4.78, 5) is 24.9. The van der Waals surface area contributed by atoms with Crippen LogP contribution in [0.25, 0.3) is 0 Å². The van der Waals surface area contributed by atoms with Crippen molar-refractivity contribution in [2.75, 3.05) is 6.54 Å². The van der Waals surface area contributed by atoms with Gasteiger partial charge in [0.25, 0.3) is 0 Å². The molecular formula is C14H16Cl2FN3O2. The van der Waals surface area contributed by atoms with Crippen LogP contribution in [0.5, 0.6) is 0 Å². The number of halogens is 3. The van der Waals surface area contributed by atoms with Gasteiger partial charge in [-0.25, -0.2) is 9.18 Å². The van der Waals surface area contributed by atoms with Gasteiger partial charge in [-0.05, 0) is 37.5 Å². The minimum atomic E-state index is -0.624. The Morgan fingerprint density at radius 1 is 1.41 bits per heavy atom. The summed E-state index contributed by atoms with van der Waals surface area (Å²) in [6.45, 7) is 2.13. The van der Waals surface area contributed by atoms with Gasteiger partial charge in [0.1, 0.15) is 11.9 Å². The summed E-state index contributed by atoms with van der Waals surface area (Å²) < 4.78 is 13.6. The Morgan fingerprint density at radius 2 is 2.09 bits per heavy atom. The molecule has 1 aromatic carbocycles. The molecule has 3 N–H and O–H groups in total. The number of rotatable bonds is 3. The van der Waals surface area contributed by atoms with Crippen LogP contribution in [-0.2, 0) is 4.79 Å². The number of benzene rings is 1. The summed E-state index contributed by atoms with van der Waals surface area (Å²) in [6.07, 6.45) is 1.26. The molecule has 0 spiro atoms. The number of primary amides is 1. The quantitative estimate of drug-likeness (QED) is 0.825. The van der Waals surface area contributed by atoms with Crippen molar-refractivity contribution in [2.45, 2.75) is 31.8 Å². The van der Waals surface area contributed by atoms with Crippen molar-refractivity contribution in [1.29, 1.82) is 0 Å². The van der Waals surface area contributed by atoms with Crippen LogP contribution in [0.4, 0.5) is 9.18 Å². The molecule has 1 aliphatic rings. The van der Waals surface area contributed by atoms with Crippen LogP contribution >= 0.6 is 23.2 Å². The standard InChI is InChI=1S/C14H16Cl2FN3O2/c1-7(8-5-11(17)10(16)6-9(8)15)19-13(21)12-3-2-4-20(12)14(18)22/h5-7,12H,2-4H2,1H3,(H2,18,22)(H,19,21)/t7-,12+/m1/s1. The number of nitrogens with one attached hydrogen (secondary N) is 1. The topological polar surface area (TPSA) is 75.4 Å². The molecule has 2 atom stereocenters. The van der Waals surface area contributed by atoms with Gasteiger partial charge in [0, 0.05) is 11.6 Å². The van der Waals surface area contributed by atoms with Gasteiger partial charge in [-0.2, -0.15) is 0 Å². The minimum Gasteiger partial charge on any atom is -0.351 e. The van der Waals surface area contributed by atoms with E-state index < -0.39 is 23.9 Å². The van der Waals surface area contributed by atoms with Crippen molar-refractivity contribution in [3.05, 3.63) is 33.6 Å². The van der Waals surface area contributed by atoms with E-state index in [0.717, 1.165) is 0 Å². The fourth-order valence-electron chi connectivity index (χ4n) is 2.56. The van der Waals surface area contributed by atoms with Crippen LogP contribution in [0.2, 0.25) is 10.0 Å². The van der Waals surface area contributed by atoms with Gasteiger partial charge < -0.3 is 16.0 Å². The predicted octanol–water partition coefficient (Wildman–Crippen LogP) is 2.85. The first-order valence-electron chi connectivity index (χ1n) is 6.82. The molecule has 3 amide bonds. The van der Waals surface area contributed by atoms with Crippen LogP contribution in [0, 0.1) is 5.82 Å². The largest absolute Gasteiger partial charge is 0.351 e. The van der Waals surface area contributed by atoms with Crippen LogP contribution in [0.1, 0.15) is 31.4 Å². The molecule has 8 heteroatoms. The van der Waals surface area contributed by atoms with Crippen LogP contribution < -0.4 is 11.1 Å². The molecule has 0 saturated carbocycles. The van der Waals surface area contributed by atoms with E-state index in [2.05, 4.69) is 5.32 Å². The highest BCUT2D eigenvalue weighted by molar-refractivity contribution is 6.35. The molecule has 5 nitrogen and oxygen atoms in total. The number of likely N-dealkylation sites (tertiary alicyclic amines) is 1. The Labute approximate surface area is 137 Å². The molecule has 22 heavy (non-hydrogen) atoms. The van der Waals surface area contributed by atoms with Crippen molar-refractivity contribution < 1.29 is 14.0 Å². The van der Waals surface area contributed by atoms with E-state index in [9.17, 15) is 14.0 Å². The van der Waals surface area contributed by atoms with E-state index >= 15 is 0 Å². The molecule has 1 aromatic rings. The predicted molar refractivity (Wildman–Crippen MR) is 82.3 cm³/mol. The zero-order chi connectivity index (χ0) is 16.4. The van der Waals surface area contributed by atoms with Crippen LogP contribution in [-0.4, -0.2) is 29.4 Å². The average molecular weight is 348 g/mol. The Balaban J connectivity index is 2.12. The Morgan fingerprint density at radius 3 is 2.73 bits per heavy atom. The van der Waals surface area contributed by atoms with Gasteiger partial charge in [-0.15, -0.1) is 0 Å². The second-order valence-corrected chi connectivity index (χ2v) is 6.02. The first kappa shape index (κ1) is 16.8. The number of hydrogen-bond donors (Lipinski definition) is 2. The fourth-order valence-corrected chi connectivity index (χ4v) is 3.11. The van der Waals surface area contributed by atoms with Gasteiger partial charge in [0.15, 0.2) is 0 Å². The summed E-state index contributed by atoms with van der Waals surface area (Å²) in [5, 5.41) is 2.91. The lowest BCUT2D eigenvalue weighted by Gasteiger charge is -2.24.